The molecule has 1 N–H and O–H groups in total. The summed E-state index contributed by atoms with van der Waals surface area (Å²) in [4.78, 5) is 10.2. The summed E-state index contributed by atoms with van der Waals surface area (Å²) in [7, 11) is -0.933. The lowest BCUT2D eigenvalue weighted by Gasteiger charge is -2.25. The molecule has 0 bridgehead atoms. The van der Waals surface area contributed by atoms with E-state index in [0.717, 1.165) is 23.9 Å². The third-order valence-electron chi connectivity index (χ3n) is 1.77. The van der Waals surface area contributed by atoms with Gasteiger partial charge in [-0.25, -0.2) is 0 Å². The van der Waals surface area contributed by atoms with Crippen molar-refractivity contribution >= 4 is 19.5 Å². The second-order valence-electron chi connectivity index (χ2n) is 2.38. The zero-order valence-electron chi connectivity index (χ0n) is 5.42. The average molecular weight is 142 g/mol. The third-order valence-corrected chi connectivity index (χ3v) is 3.72. The fraction of sp³-hybridized carbons (Fsp3) is 0.667. The van der Waals surface area contributed by atoms with Gasteiger partial charge in [0.25, 0.3) is 0 Å². The van der Waals surface area contributed by atoms with Crippen LogP contribution < -0.4 is 0 Å². The zero-order valence-corrected chi connectivity index (χ0v) is 6.42. The summed E-state index contributed by atoms with van der Waals surface area (Å²) < 4.78 is 0. The minimum Gasteiger partial charge on any atom is -0.389 e. The van der Waals surface area contributed by atoms with Gasteiger partial charge in [-0.15, -0.1) is 0 Å². The lowest BCUT2D eigenvalue weighted by atomic mass is 9.96. The molecule has 1 fully saturated rings. The first-order chi connectivity index (χ1) is 4.25. The van der Waals surface area contributed by atoms with Gasteiger partial charge in [-0.05, 0) is 19.4 Å². The summed E-state index contributed by atoms with van der Waals surface area (Å²) in [5.41, 5.74) is 0. The molecule has 0 heterocycles. The van der Waals surface area contributed by atoms with Crippen molar-refractivity contribution < 1.29 is 9.90 Å². The van der Waals surface area contributed by atoms with Gasteiger partial charge in [0.05, 0.1) is 14.5 Å². The van der Waals surface area contributed by atoms with E-state index in [1.807, 2.05) is 6.55 Å². The van der Waals surface area contributed by atoms with Crippen molar-refractivity contribution in [3.63, 3.8) is 0 Å². The molecular weight excluding hydrogens is 132 g/mol. The van der Waals surface area contributed by atoms with E-state index in [0.29, 0.717) is 0 Å². The van der Waals surface area contributed by atoms with Gasteiger partial charge < -0.3 is 9.90 Å². The molecule has 0 aromatic heterocycles. The summed E-state index contributed by atoms with van der Waals surface area (Å²) >= 11 is 0. The first-order valence-electron chi connectivity index (χ1n) is 3.08. The van der Waals surface area contributed by atoms with Crippen molar-refractivity contribution in [1.82, 2.24) is 0 Å². The summed E-state index contributed by atoms with van der Waals surface area (Å²) in [6.45, 7) is 1.93. The van der Waals surface area contributed by atoms with Gasteiger partial charge in [-0.2, -0.15) is 0 Å². The summed E-state index contributed by atoms with van der Waals surface area (Å²) in [5.74, 6) is 0.988. The van der Waals surface area contributed by atoms with Crippen LogP contribution >= 0.6 is 0 Å². The van der Waals surface area contributed by atoms with Crippen molar-refractivity contribution in [2.75, 3.05) is 0 Å². The van der Waals surface area contributed by atoms with Crippen LogP contribution in [0.5, 0.6) is 0 Å². The minimum atomic E-state index is -0.933. The highest BCUT2D eigenvalue weighted by Gasteiger charge is 2.22. The van der Waals surface area contributed by atoms with Crippen molar-refractivity contribution in [2.45, 2.75) is 25.5 Å². The van der Waals surface area contributed by atoms with E-state index in [9.17, 15) is 4.79 Å². The van der Waals surface area contributed by atoms with Crippen LogP contribution in [0.25, 0.3) is 0 Å². The van der Waals surface area contributed by atoms with E-state index in [4.69, 9.17) is 5.11 Å². The van der Waals surface area contributed by atoms with Crippen molar-refractivity contribution in [3.8, 4) is 0 Å². The molecule has 0 radical (unpaired) electrons. The second-order valence-corrected chi connectivity index (χ2v) is 4.62. The van der Waals surface area contributed by atoms with Gasteiger partial charge in [0.15, 0.2) is 0 Å². The van der Waals surface area contributed by atoms with Gasteiger partial charge in [-0.3, -0.25) is 0 Å². The quantitative estimate of drug-likeness (QED) is 0.406. The molecule has 0 spiro atoms. The first kappa shape index (κ1) is 6.83. The molecule has 2 nitrogen and oxygen atoms in total. The molecule has 1 rings (SSSR count). The van der Waals surface area contributed by atoms with Crippen LogP contribution in [0.3, 0.4) is 0 Å². The van der Waals surface area contributed by atoms with Crippen LogP contribution in [0.1, 0.15) is 12.8 Å². The maximum atomic E-state index is 10.2. The topological polar surface area (TPSA) is 37.3 Å². The Balaban J connectivity index is 2.69. The number of aliphatic hydroxyl groups excluding tert-OH is 1. The minimum absolute atomic E-state index is 0.242. The van der Waals surface area contributed by atoms with E-state index in [-0.39, 0.29) is 6.10 Å². The molecule has 1 unspecified atom stereocenters. The van der Waals surface area contributed by atoms with Gasteiger partial charge in [0.1, 0.15) is 5.91 Å². The summed E-state index contributed by atoms with van der Waals surface area (Å²) in [6.07, 6.45) is 1.60. The molecule has 1 saturated carbocycles. The molecule has 1 atom stereocenters. The van der Waals surface area contributed by atoms with Crippen LogP contribution in [0, 0.1) is 0 Å². The lowest BCUT2D eigenvalue weighted by molar-refractivity contribution is 0.207. The summed E-state index contributed by atoms with van der Waals surface area (Å²) in [5, 5.41) is 10.1. The highest BCUT2D eigenvalue weighted by atomic mass is 28.2. The van der Waals surface area contributed by atoms with Crippen molar-refractivity contribution in [3.05, 3.63) is 0 Å². The number of carbonyl (C=O) groups excluding carboxylic acids is 1. The van der Waals surface area contributed by atoms with Gasteiger partial charge in [-0.1, -0.05) is 5.17 Å². The van der Waals surface area contributed by atoms with Gasteiger partial charge in [0.2, 0.25) is 0 Å². The maximum Gasteiger partial charge on any atom is 0.117 e. The molecule has 3 heteroatoms. The Kier molecular flexibility index (Phi) is 1.93. The zero-order chi connectivity index (χ0) is 6.85. The number of aliphatic hydroxyl groups is 1. The Morgan fingerprint density at radius 1 is 1.89 bits per heavy atom. The van der Waals surface area contributed by atoms with Gasteiger partial charge in [0, 0.05) is 0 Å². The fourth-order valence-corrected chi connectivity index (χ4v) is 2.31. The number of hydrogen-bond acceptors (Lipinski definition) is 2. The monoisotopic (exact) mass is 142 g/mol. The predicted octanol–water partition coefficient (Wildman–Crippen LogP) is -0.208. The number of carbonyl (C=O) groups is 1. The smallest absolute Gasteiger partial charge is 0.117 e. The molecule has 1 aliphatic carbocycles. The molecule has 0 aromatic carbocycles. The normalized spacial score (nSPS) is 31.1. The van der Waals surface area contributed by atoms with Crippen LogP contribution in [0.2, 0.25) is 6.55 Å². The SMILES string of the molecule is C[Si](C=O)=C1CCC1O. The maximum absolute atomic E-state index is 10.2. The highest BCUT2D eigenvalue weighted by molar-refractivity contribution is 6.91. The molecule has 0 aliphatic heterocycles. The standard InChI is InChI=1S/C6H10O2Si/c1-9(4-7)6-3-2-5(6)8/h4-5,8H,2-3H2,1H3. The molecule has 0 amide bonds. The van der Waals surface area contributed by atoms with Gasteiger partial charge >= 0.3 is 0 Å². The molecular formula is C6H10O2Si. The summed E-state index contributed by atoms with van der Waals surface area (Å²) in [6, 6.07) is 0. The van der Waals surface area contributed by atoms with Crippen molar-refractivity contribution in [2.24, 2.45) is 0 Å². The molecule has 9 heavy (non-hydrogen) atoms. The van der Waals surface area contributed by atoms with Crippen LogP contribution in [-0.4, -0.2) is 30.7 Å². The average Bonchev–Trinajstić information content (AvgIpc) is 1.84. The number of hydrogen-bond donors (Lipinski definition) is 1. The van der Waals surface area contributed by atoms with E-state index in [1.54, 1.807) is 0 Å². The van der Waals surface area contributed by atoms with Crippen LogP contribution in [0.15, 0.2) is 0 Å². The molecule has 0 saturated heterocycles. The second kappa shape index (κ2) is 2.54. The Hall–Kier alpha value is -0.283. The van der Waals surface area contributed by atoms with Crippen LogP contribution in [-0.2, 0) is 4.79 Å². The van der Waals surface area contributed by atoms with E-state index in [2.05, 4.69) is 0 Å². The third kappa shape index (κ3) is 1.16. The Bertz CT molecular complexity index is 162. The van der Waals surface area contributed by atoms with E-state index >= 15 is 0 Å². The largest absolute Gasteiger partial charge is 0.389 e. The number of rotatable bonds is 1. The van der Waals surface area contributed by atoms with E-state index < -0.39 is 8.41 Å². The highest BCUT2D eigenvalue weighted by Crippen LogP contribution is 2.14. The Morgan fingerprint density at radius 3 is 2.67 bits per heavy atom. The van der Waals surface area contributed by atoms with E-state index in [1.165, 1.54) is 0 Å². The van der Waals surface area contributed by atoms with Crippen molar-refractivity contribution in [1.29, 1.82) is 0 Å². The Morgan fingerprint density at radius 2 is 2.56 bits per heavy atom. The Labute approximate surface area is 55.7 Å². The molecule has 50 valence electrons. The van der Waals surface area contributed by atoms with Crippen LogP contribution in [0.4, 0.5) is 0 Å². The fourth-order valence-electron chi connectivity index (χ4n) is 0.953. The lowest BCUT2D eigenvalue weighted by Crippen LogP contribution is -2.37. The predicted molar refractivity (Wildman–Crippen MR) is 38.6 cm³/mol. The molecule has 0 aromatic rings. The molecule has 1 aliphatic rings. The first-order valence-corrected chi connectivity index (χ1v) is 5.16.